The van der Waals surface area contributed by atoms with Gasteiger partial charge in [0.25, 0.3) is 5.91 Å². The minimum absolute atomic E-state index is 0.134. The van der Waals surface area contributed by atoms with Gasteiger partial charge in [-0.05, 0) is 13.0 Å². The number of hydrogen-bond donors (Lipinski definition) is 2. The van der Waals surface area contributed by atoms with E-state index in [0.717, 1.165) is 0 Å². The number of fused-ring (bicyclic) bond motifs is 1. The number of carbonyl (C=O) groups is 1. The Morgan fingerprint density at radius 1 is 1.40 bits per heavy atom. The highest BCUT2D eigenvalue weighted by molar-refractivity contribution is 6.00. The van der Waals surface area contributed by atoms with Crippen molar-refractivity contribution in [3.8, 4) is 11.5 Å². The number of aryl methyl sites for hydroxylation is 1. The number of rotatable bonds is 3. The van der Waals surface area contributed by atoms with Crippen LogP contribution in [0.4, 0.5) is 5.69 Å². The van der Waals surface area contributed by atoms with Crippen molar-refractivity contribution in [1.29, 1.82) is 0 Å². The fraction of sp³-hybridized carbons (Fsp3) is 0.231. The summed E-state index contributed by atoms with van der Waals surface area (Å²) in [4.78, 5) is 16.1. The van der Waals surface area contributed by atoms with E-state index in [0.29, 0.717) is 34.4 Å². The van der Waals surface area contributed by atoms with Crippen molar-refractivity contribution in [2.75, 3.05) is 12.5 Å². The summed E-state index contributed by atoms with van der Waals surface area (Å²) in [7, 11) is 0. The van der Waals surface area contributed by atoms with Crippen molar-refractivity contribution in [1.82, 2.24) is 10.3 Å². The molecule has 7 nitrogen and oxygen atoms in total. The number of amides is 1. The Morgan fingerprint density at radius 2 is 2.15 bits per heavy atom. The molecule has 0 aliphatic carbocycles. The number of ether oxygens (including phenoxy) is 2. The van der Waals surface area contributed by atoms with Gasteiger partial charge in [-0.2, -0.15) is 0 Å². The maximum absolute atomic E-state index is 12.1. The van der Waals surface area contributed by atoms with Gasteiger partial charge in [-0.1, -0.05) is 0 Å². The van der Waals surface area contributed by atoms with Crippen LogP contribution in [0.25, 0.3) is 0 Å². The summed E-state index contributed by atoms with van der Waals surface area (Å²) in [6, 6.07) is 3.14. The summed E-state index contributed by atoms with van der Waals surface area (Å²) >= 11 is 0. The lowest BCUT2D eigenvalue weighted by atomic mass is 10.1. The average Bonchev–Trinajstić information content (AvgIpc) is 3.03. The molecule has 1 aromatic carbocycles. The predicted molar refractivity (Wildman–Crippen MR) is 69.4 cm³/mol. The van der Waals surface area contributed by atoms with Crippen LogP contribution in [0.2, 0.25) is 0 Å². The van der Waals surface area contributed by atoms with Crippen molar-refractivity contribution in [2.45, 2.75) is 13.5 Å². The highest BCUT2D eigenvalue weighted by Crippen LogP contribution is 2.35. The first-order chi connectivity index (χ1) is 9.63. The van der Waals surface area contributed by atoms with Crippen molar-refractivity contribution in [3.05, 3.63) is 35.5 Å². The van der Waals surface area contributed by atoms with Gasteiger partial charge in [-0.3, -0.25) is 4.79 Å². The van der Waals surface area contributed by atoms with Gasteiger partial charge in [0, 0.05) is 11.8 Å². The standard InChI is InChI=1S/C13H13N3O4/c1-7-4-15-12(20-7)5-16-13(17)8-2-10-11(3-9(8)14)19-6-18-10/h2-4H,5-6,14H2,1H3,(H,16,17). The van der Waals surface area contributed by atoms with Crippen LogP contribution in [0.15, 0.2) is 22.7 Å². The summed E-state index contributed by atoms with van der Waals surface area (Å²) in [6.45, 7) is 2.12. The zero-order chi connectivity index (χ0) is 14.1. The van der Waals surface area contributed by atoms with E-state index in [1.54, 1.807) is 25.3 Å². The fourth-order valence-corrected chi connectivity index (χ4v) is 1.89. The van der Waals surface area contributed by atoms with E-state index >= 15 is 0 Å². The summed E-state index contributed by atoms with van der Waals surface area (Å²) < 4.78 is 15.7. The third-order valence-electron chi connectivity index (χ3n) is 2.86. The van der Waals surface area contributed by atoms with Gasteiger partial charge in [0.1, 0.15) is 5.76 Å². The van der Waals surface area contributed by atoms with Gasteiger partial charge in [0.2, 0.25) is 12.7 Å². The maximum atomic E-state index is 12.1. The van der Waals surface area contributed by atoms with E-state index in [2.05, 4.69) is 10.3 Å². The normalized spacial score (nSPS) is 12.4. The van der Waals surface area contributed by atoms with Crippen molar-refractivity contribution in [2.24, 2.45) is 0 Å². The molecule has 3 rings (SSSR count). The number of nitrogens with one attached hydrogen (secondary N) is 1. The van der Waals surface area contributed by atoms with Gasteiger partial charge in [-0.25, -0.2) is 4.98 Å². The first-order valence-corrected chi connectivity index (χ1v) is 6.02. The molecule has 1 aliphatic rings. The number of nitrogens with two attached hydrogens (primary N) is 1. The quantitative estimate of drug-likeness (QED) is 0.817. The minimum atomic E-state index is -0.323. The molecular weight excluding hydrogens is 262 g/mol. The number of nitrogens with zero attached hydrogens (tertiary/aromatic N) is 1. The Labute approximate surface area is 114 Å². The Hall–Kier alpha value is -2.70. The molecule has 0 saturated carbocycles. The molecule has 1 aliphatic heterocycles. The lowest BCUT2D eigenvalue weighted by Gasteiger charge is -2.07. The van der Waals surface area contributed by atoms with E-state index in [1.165, 1.54) is 0 Å². The predicted octanol–water partition coefficient (Wildman–Crippen LogP) is 1.22. The van der Waals surface area contributed by atoms with Gasteiger partial charge in [0.05, 0.1) is 18.3 Å². The first kappa shape index (κ1) is 12.3. The topological polar surface area (TPSA) is 99.6 Å². The Balaban J connectivity index is 1.74. The zero-order valence-electron chi connectivity index (χ0n) is 10.8. The zero-order valence-corrected chi connectivity index (χ0v) is 10.8. The molecule has 2 heterocycles. The molecule has 0 unspecified atom stereocenters. The Bertz CT molecular complexity index is 666. The molecule has 1 aromatic heterocycles. The number of benzene rings is 1. The lowest BCUT2D eigenvalue weighted by Crippen LogP contribution is -2.23. The second kappa shape index (κ2) is 4.76. The third-order valence-corrected chi connectivity index (χ3v) is 2.86. The van der Waals surface area contributed by atoms with Crippen molar-refractivity contribution in [3.63, 3.8) is 0 Å². The van der Waals surface area contributed by atoms with Crippen LogP contribution in [0.1, 0.15) is 22.0 Å². The molecule has 0 fully saturated rings. The summed E-state index contributed by atoms with van der Waals surface area (Å²) in [5, 5.41) is 2.69. The fourth-order valence-electron chi connectivity index (χ4n) is 1.89. The van der Waals surface area contributed by atoms with Gasteiger partial charge in [-0.15, -0.1) is 0 Å². The number of aromatic nitrogens is 1. The molecule has 104 valence electrons. The molecule has 0 spiro atoms. The number of hydrogen-bond acceptors (Lipinski definition) is 6. The molecule has 7 heteroatoms. The van der Waals surface area contributed by atoms with Crippen molar-refractivity contribution < 1.29 is 18.7 Å². The SMILES string of the molecule is Cc1cnc(CNC(=O)c2cc3c(cc2N)OCO3)o1. The van der Waals surface area contributed by atoms with Gasteiger partial charge < -0.3 is 24.9 Å². The smallest absolute Gasteiger partial charge is 0.253 e. The van der Waals surface area contributed by atoms with E-state index in [1.807, 2.05) is 0 Å². The molecule has 0 bridgehead atoms. The number of nitrogen functional groups attached to an aromatic ring is 1. The highest BCUT2D eigenvalue weighted by atomic mass is 16.7. The van der Waals surface area contributed by atoms with Crippen LogP contribution in [0.5, 0.6) is 11.5 Å². The third kappa shape index (κ3) is 2.25. The monoisotopic (exact) mass is 275 g/mol. The largest absolute Gasteiger partial charge is 0.454 e. The molecule has 2 aromatic rings. The Morgan fingerprint density at radius 3 is 2.85 bits per heavy atom. The molecule has 0 atom stereocenters. The summed E-state index contributed by atoms with van der Waals surface area (Å²) in [6.07, 6.45) is 1.59. The summed E-state index contributed by atoms with van der Waals surface area (Å²) in [5.41, 5.74) is 6.49. The molecule has 0 saturated heterocycles. The van der Waals surface area contributed by atoms with Crippen LogP contribution in [-0.2, 0) is 6.54 Å². The maximum Gasteiger partial charge on any atom is 0.253 e. The van der Waals surface area contributed by atoms with Gasteiger partial charge in [0.15, 0.2) is 11.5 Å². The second-order valence-corrected chi connectivity index (χ2v) is 4.34. The highest BCUT2D eigenvalue weighted by Gasteiger charge is 2.19. The number of oxazole rings is 1. The van der Waals surface area contributed by atoms with Crippen LogP contribution < -0.4 is 20.5 Å². The lowest BCUT2D eigenvalue weighted by molar-refractivity contribution is 0.0947. The second-order valence-electron chi connectivity index (χ2n) is 4.34. The molecule has 0 radical (unpaired) electrons. The van der Waals surface area contributed by atoms with E-state index in [-0.39, 0.29) is 19.2 Å². The average molecular weight is 275 g/mol. The minimum Gasteiger partial charge on any atom is -0.454 e. The van der Waals surface area contributed by atoms with Crippen LogP contribution in [0.3, 0.4) is 0 Å². The van der Waals surface area contributed by atoms with Gasteiger partial charge >= 0.3 is 0 Å². The van der Waals surface area contributed by atoms with E-state index in [9.17, 15) is 4.79 Å². The number of anilines is 1. The van der Waals surface area contributed by atoms with E-state index < -0.39 is 0 Å². The molecule has 1 amide bonds. The van der Waals surface area contributed by atoms with Crippen LogP contribution >= 0.6 is 0 Å². The van der Waals surface area contributed by atoms with Crippen LogP contribution in [0, 0.1) is 6.92 Å². The first-order valence-electron chi connectivity index (χ1n) is 6.02. The summed E-state index contributed by atoms with van der Waals surface area (Å²) in [5.74, 6) is 1.86. The molecule has 20 heavy (non-hydrogen) atoms. The molecular formula is C13H13N3O4. The van der Waals surface area contributed by atoms with Crippen LogP contribution in [-0.4, -0.2) is 17.7 Å². The number of carbonyl (C=O) groups excluding carboxylic acids is 1. The molecule has 3 N–H and O–H groups in total. The Kier molecular flexibility index (Phi) is 2.94. The van der Waals surface area contributed by atoms with E-state index in [4.69, 9.17) is 19.6 Å². The van der Waals surface area contributed by atoms with Crippen molar-refractivity contribution >= 4 is 11.6 Å².